The van der Waals surface area contributed by atoms with E-state index in [0.29, 0.717) is 19.8 Å². The number of ether oxygens (including phenoxy) is 4. The van der Waals surface area contributed by atoms with Crippen molar-refractivity contribution in [1.82, 2.24) is 24.1 Å². The van der Waals surface area contributed by atoms with Crippen molar-refractivity contribution in [3.05, 3.63) is 114 Å². The van der Waals surface area contributed by atoms with Crippen molar-refractivity contribution in [3.8, 4) is 17.2 Å². The van der Waals surface area contributed by atoms with E-state index in [0.717, 1.165) is 66.7 Å². The Hall–Kier alpha value is -5.07. The van der Waals surface area contributed by atoms with Crippen molar-refractivity contribution in [2.45, 2.75) is 44.7 Å². The molecule has 12 heteroatoms. The molecule has 3 atom stereocenters. The predicted octanol–water partition coefficient (Wildman–Crippen LogP) is 4.88. The Labute approximate surface area is 286 Å². The fourth-order valence-corrected chi connectivity index (χ4v) is 6.40. The molecule has 2 aromatic heterocycles. The van der Waals surface area contributed by atoms with Crippen LogP contribution in [0.4, 0.5) is 11.4 Å². The molecule has 0 bridgehead atoms. The minimum absolute atomic E-state index is 0.0700. The molecule has 2 fully saturated rings. The van der Waals surface area contributed by atoms with Gasteiger partial charge in [0.25, 0.3) is 0 Å². The van der Waals surface area contributed by atoms with Gasteiger partial charge in [-0.25, -0.2) is 14.0 Å². The maximum absolute atomic E-state index is 12.8. The summed E-state index contributed by atoms with van der Waals surface area (Å²) in [6.45, 7) is 8.82. The van der Waals surface area contributed by atoms with Gasteiger partial charge < -0.3 is 28.7 Å². The van der Waals surface area contributed by atoms with E-state index < -0.39 is 5.79 Å². The number of rotatable bonds is 12. The minimum Gasteiger partial charge on any atom is -0.497 e. The van der Waals surface area contributed by atoms with E-state index in [9.17, 15) is 4.79 Å². The van der Waals surface area contributed by atoms with E-state index in [1.807, 2.05) is 72.4 Å². The first-order valence-electron chi connectivity index (χ1n) is 16.9. The molecule has 256 valence electrons. The average Bonchev–Trinajstić information content (AvgIpc) is 3.92. The fraction of sp³-hybridized carbons (Fsp3) is 0.378. The Morgan fingerprint density at radius 3 is 2.24 bits per heavy atom. The molecule has 0 spiro atoms. The number of aromatic nitrogens is 5. The second-order valence-corrected chi connectivity index (χ2v) is 12.5. The Morgan fingerprint density at radius 2 is 1.59 bits per heavy atom. The smallest absolute Gasteiger partial charge is 0.350 e. The molecule has 1 unspecified atom stereocenters. The van der Waals surface area contributed by atoms with Gasteiger partial charge in [0.15, 0.2) is 0 Å². The van der Waals surface area contributed by atoms with Crippen LogP contribution in [0.1, 0.15) is 31.9 Å². The van der Waals surface area contributed by atoms with E-state index in [1.54, 1.807) is 28.9 Å². The number of hydrogen-bond acceptors (Lipinski definition) is 9. The summed E-state index contributed by atoms with van der Waals surface area (Å²) in [4.78, 5) is 17.6. The topological polar surface area (TPSA) is 101 Å². The molecule has 2 saturated heterocycles. The standard InChI is InChI=1S/C37H43N7O5/c1-4-28(2)44-36(45)43(27-39-44)32-11-9-30(10-12-32)40-19-21-41(22-20-40)31-13-15-33(16-14-31)47-24-35-25-48-37(49-35,26-42-18-6-17-38-42)29-7-5-8-34(23-29)46-3/h5-18,23,27-28,35H,4,19-22,24-26H2,1-3H3/t28?,35-,37-/m1/s1. The van der Waals surface area contributed by atoms with Crippen LogP contribution in [0.2, 0.25) is 0 Å². The van der Waals surface area contributed by atoms with Crippen LogP contribution in [0.5, 0.6) is 11.5 Å². The normalized spacial score (nSPS) is 20.0. The highest BCUT2D eigenvalue weighted by Crippen LogP contribution is 2.37. The summed E-state index contributed by atoms with van der Waals surface area (Å²) in [7, 11) is 1.65. The van der Waals surface area contributed by atoms with Gasteiger partial charge in [0.1, 0.15) is 30.5 Å². The molecule has 2 aliphatic heterocycles. The third kappa shape index (κ3) is 6.92. The largest absolute Gasteiger partial charge is 0.497 e. The summed E-state index contributed by atoms with van der Waals surface area (Å²) in [6, 6.07) is 26.1. The lowest BCUT2D eigenvalue weighted by molar-refractivity contribution is -0.190. The molecule has 3 aromatic carbocycles. The first kappa shape index (κ1) is 32.5. The third-order valence-electron chi connectivity index (χ3n) is 9.41. The minimum atomic E-state index is -1.00. The van der Waals surface area contributed by atoms with Crippen molar-refractivity contribution in [2.24, 2.45) is 0 Å². The zero-order valence-electron chi connectivity index (χ0n) is 28.2. The van der Waals surface area contributed by atoms with Crippen LogP contribution in [-0.4, -0.2) is 76.7 Å². The molecule has 49 heavy (non-hydrogen) atoms. The predicted molar refractivity (Wildman–Crippen MR) is 187 cm³/mol. The van der Waals surface area contributed by atoms with E-state index in [-0.39, 0.29) is 17.8 Å². The van der Waals surface area contributed by atoms with E-state index in [1.165, 1.54) is 0 Å². The average molecular weight is 666 g/mol. The third-order valence-corrected chi connectivity index (χ3v) is 9.41. The van der Waals surface area contributed by atoms with Crippen LogP contribution < -0.4 is 25.0 Å². The lowest BCUT2D eigenvalue weighted by atomic mass is 10.1. The van der Waals surface area contributed by atoms with Crippen molar-refractivity contribution in [3.63, 3.8) is 0 Å². The maximum atomic E-state index is 12.8. The second-order valence-electron chi connectivity index (χ2n) is 12.5. The number of piperazine rings is 1. The number of nitrogens with zero attached hydrogens (tertiary/aromatic N) is 7. The Morgan fingerprint density at radius 1 is 0.898 bits per heavy atom. The van der Waals surface area contributed by atoms with Crippen LogP contribution in [0.3, 0.4) is 0 Å². The summed E-state index contributed by atoms with van der Waals surface area (Å²) in [5, 5.41) is 8.68. The van der Waals surface area contributed by atoms with E-state index in [4.69, 9.17) is 18.9 Å². The molecule has 5 aromatic rings. The highest BCUT2D eigenvalue weighted by atomic mass is 16.8. The SMILES string of the molecule is CCC(C)n1ncn(-c2ccc(N3CCN(c4ccc(OC[C@@H]5CO[C@@](Cn6cccn6)(c6cccc(OC)c6)O5)cc4)CC3)cc2)c1=O. The van der Waals surface area contributed by atoms with Gasteiger partial charge >= 0.3 is 5.69 Å². The second kappa shape index (κ2) is 14.2. The monoisotopic (exact) mass is 665 g/mol. The van der Waals surface area contributed by atoms with Crippen LogP contribution in [0.15, 0.2) is 102 Å². The summed E-state index contributed by atoms with van der Waals surface area (Å²) in [5.41, 5.74) is 3.89. The molecule has 0 radical (unpaired) electrons. The maximum Gasteiger partial charge on any atom is 0.350 e. The molecular weight excluding hydrogens is 622 g/mol. The quantitative estimate of drug-likeness (QED) is 0.185. The summed E-state index contributed by atoms with van der Waals surface area (Å²) >= 11 is 0. The number of benzene rings is 3. The van der Waals surface area contributed by atoms with Crippen molar-refractivity contribution in [1.29, 1.82) is 0 Å². The first-order valence-corrected chi connectivity index (χ1v) is 16.9. The molecule has 0 amide bonds. The van der Waals surface area contributed by atoms with E-state index in [2.05, 4.69) is 51.2 Å². The van der Waals surface area contributed by atoms with Gasteiger partial charge in [0, 0.05) is 55.5 Å². The fourth-order valence-electron chi connectivity index (χ4n) is 6.40. The van der Waals surface area contributed by atoms with Gasteiger partial charge in [-0.1, -0.05) is 19.1 Å². The lowest BCUT2D eigenvalue weighted by Gasteiger charge is -2.37. The van der Waals surface area contributed by atoms with Crippen molar-refractivity contribution in [2.75, 3.05) is 56.3 Å². The Balaban J connectivity index is 0.922. The van der Waals surface area contributed by atoms with Gasteiger partial charge in [0.2, 0.25) is 5.79 Å². The van der Waals surface area contributed by atoms with Crippen molar-refractivity contribution < 1.29 is 18.9 Å². The lowest BCUT2D eigenvalue weighted by Crippen LogP contribution is -2.46. The summed E-state index contributed by atoms with van der Waals surface area (Å²) in [5.74, 6) is 0.519. The molecule has 7 rings (SSSR count). The van der Waals surface area contributed by atoms with E-state index >= 15 is 0 Å². The van der Waals surface area contributed by atoms with Gasteiger partial charge in [-0.3, -0.25) is 4.68 Å². The van der Waals surface area contributed by atoms with Gasteiger partial charge in [-0.15, -0.1) is 0 Å². The van der Waals surface area contributed by atoms with Gasteiger partial charge in [0.05, 0.1) is 32.0 Å². The van der Waals surface area contributed by atoms with Crippen LogP contribution in [0, 0.1) is 0 Å². The summed E-state index contributed by atoms with van der Waals surface area (Å²) in [6.07, 6.45) is 5.84. The molecule has 12 nitrogen and oxygen atoms in total. The first-order chi connectivity index (χ1) is 23.9. The zero-order valence-corrected chi connectivity index (χ0v) is 28.2. The number of hydrogen-bond donors (Lipinski definition) is 0. The highest BCUT2D eigenvalue weighted by molar-refractivity contribution is 5.54. The highest BCUT2D eigenvalue weighted by Gasteiger charge is 2.44. The van der Waals surface area contributed by atoms with Crippen LogP contribution >= 0.6 is 0 Å². The molecule has 2 aliphatic rings. The Kier molecular flexibility index (Phi) is 9.41. The van der Waals surface area contributed by atoms with Crippen molar-refractivity contribution >= 4 is 11.4 Å². The van der Waals surface area contributed by atoms with Crippen LogP contribution in [0.25, 0.3) is 5.69 Å². The van der Waals surface area contributed by atoms with Gasteiger partial charge in [-0.05, 0) is 80.1 Å². The number of methoxy groups -OCH3 is 1. The number of anilines is 2. The molecular formula is C37H43N7O5. The molecule has 0 aliphatic carbocycles. The van der Waals surface area contributed by atoms with Gasteiger partial charge in [-0.2, -0.15) is 10.2 Å². The molecule has 0 saturated carbocycles. The molecule has 0 N–H and O–H groups in total. The zero-order chi connectivity index (χ0) is 33.8. The molecule has 4 heterocycles. The summed E-state index contributed by atoms with van der Waals surface area (Å²) < 4.78 is 29.5. The van der Waals surface area contributed by atoms with Crippen LogP contribution in [-0.2, 0) is 21.8 Å². The Bertz CT molecular complexity index is 1860.